The largest absolute Gasteiger partial charge is 0.486 e. The summed E-state index contributed by atoms with van der Waals surface area (Å²) < 4.78 is 12.7. The maximum absolute atomic E-state index is 12.7. The number of hydrogen-bond donors (Lipinski definition) is 1. The van der Waals surface area contributed by atoms with Gasteiger partial charge in [-0.05, 0) is 37.5 Å². The van der Waals surface area contributed by atoms with Crippen LogP contribution >= 0.6 is 11.8 Å². The number of carbonyl (C=O) groups is 1. The number of nitrogens with zero attached hydrogens (tertiary/aromatic N) is 4. The molecular formula is C18H23N5O3S. The van der Waals surface area contributed by atoms with Gasteiger partial charge in [0.15, 0.2) is 17.3 Å². The number of amides is 1. The van der Waals surface area contributed by atoms with Crippen molar-refractivity contribution in [2.24, 2.45) is 0 Å². The van der Waals surface area contributed by atoms with Crippen molar-refractivity contribution in [2.75, 3.05) is 31.4 Å². The molecule has 0 spiro atoms. The van der Waals surface area contributed by atoms with E-state index < -0.39 is 0 Å². The first-order chi connectivity index (χ1) is 13.2. The van der Waals surface area contributed by atoms with Crippen LogP contribution in [-0.2, 0) is 11.3 Å². The SMILES string of the molecule is CCN(Cc1ccc2c(c1)OCCO2)C(=O)CSc1nnc(C2CC2)n1N. The number of aromatic nitrogens is 3. The van der Waals surface area contributed by atoms with Crippen molar-refractivity contribution in [1.82, 2.24) is 19.8 Å². The quantitative estimate of drug-likeness (QED) is 0.570. The summed E-state index contributed by atoms with van der Waals surface area (Å²) in [5.74, 6) is 9.09. The van der Waals surface area contributed by atoms with Gasteiger partial charge in [-0.1, -0.05) is 17.8 Å². The van der Waals surface area contributed by atoms with Gasteiger partial charge >= 0.3 is 0 Å². The molecule has 1 amide bonds. The molecule has 0 saturated heterocycles. The number of benzene rings is 1. The van der Waals surface area contributed by atoms with E-state index in [1.165, 1.54) is 16.4 Å². The number of fused-ring (bicyclic) bond motifs is 1. The van der Waals surface area contributed by atoms with Gasteiger partial charge in [0.1, 0.15) is 13.2 Å². The third kappa shape index (κ3) is 3.97. The Kier molecular flexibility index (Phi) is 5.11. The molecule has 1 aliphatic heterocycles. The first-order valence-corrected chi connectivity index (χ1v) is 10.1. The Labute approximate surface area is 162 Å². The second-order valence-corrected chi connectivity index (χ2v) is 7.60. The molecule has 27 heavy (non-hydrogen) atoms. The van der Waals surface area contributed by atoms with Crippen molar-refractivity contribution in [3.05, 3.63) is 29.6 Å². The molecule has 9 heteroatoms. The van der Waals surface area contributed by atoms with Gasteiger partial charge in [-0.15, -0.1) is 10.2 Å². The van der Waals surface area contributed by atoms with Gasteiger partial charge < -0.3 is 20.2 Å². The maximum atomic E-state index is 12.7. The molecule has 2 aromatic rings. The van der Waals surface area contributed by atoms with Crippen LogP contribution in [0.2, 0.25) is 0 Å². The monoisotopic (exact) mass is 389 g/mol. The van der Waals surface area contributed by atoms with E-state index in [2.05, 4.69) is 10.2 Å². The van der Waals surface area contributed by atoms with Crippen LogP contribution in [0.15, 0.2) is 23.4 Å². The van der Waals surface area contributed by atoms with Gasteiger partial charge in [0.25, 0.3) is 0 Å². The molecular weight excluding hydrogens is 366 g/mol. The van der Waals surface area contributed by atoms with Gasteiger partial charge in [0.05, 0.1) is 5.75 Å². The Morgan fingerprint density at radius 1 is 1.30 bits per heavy atom. The molecule has 1 saturated carbocycles. The number of rotatable bonds is 7. The van der Waals surface area contributed by atoms with E-state index in [0.29, 0.717) is 37.4 Å². The summed E-state index contributed by atoms with van der Waals surface area (Å²) in [5, 5.41) is 8.85. The topological polar surface area (TPSA) is 95.5 Å². The Morgan fingerprint density at radius 3 is 2.81 bits per heavy atom. The molecule has 2 N–H and O–H groups in total. The molecule has 2 heterocycles. The molecule has 1 aromatic heterocycles. The van der Waals surface area contributed by atoms with E-state index in [1.54, 1.807) is 4.90 Å². The lowest BCUT2D eigenvalue weighted by molar-refractivity contribution is -0.128. The van der Waals surface area contributed by atoms with E-state index in [1.807, 2.05) is 25.1 Å². The lowest BCUT2D eigenvalue weighted by Crippen LogP contribution is -2.32. The van der Waals surface area contributed by atoms with E-state index in [0.717, 1.165) is 35.7 Å². The van der Waals surface area contributed by atoms with Crippen LogP contribution in [0.5, 0.6) is 11.5 Å². The van der Waals surface area contributed by atoms with Crippen LogP contribution in [0.1, 0.15) is 37.1 Å². The number of nitrogen functional groups attached to an aromatic ring is 1. The van der Waals surface area contributed by atoms with Crippen LogP contribution in [0.3, 0.4) is 0 Å². The lowest BCUT2D eigenvalue weighted by Gasteiger charge is -2.23. The summed E-state index contributed by atoms with van der Waals surface area (Å²) in [6, 6.07) is 5.80. The van der Waals surface area contributed by atoms with Crippen LogP contribution in [0.4, 0.5) is 0 Å². The van der Waals surface area contributed by atoms with Crippen molar-refractivity contribution in [2.45, 2.75) is 37.4 Å². The zero-order valence-corrected chi connectivity index (χ0v) is 16.1. The molecule has 8 nitrogen and oxygen atoms in total. The fourth-order valence-corrected chi connectivity index (χ4v) is 3.77. The Morgan fingerprint density at radius 2 is 2.07 bits per heavy atom. The summed E-state index contributed by atoms with van der Waals surface area (Å²) in [5.41, 5.74) is 1.01. The number of carbonyl (C=O) groups excluding carboxylic acids is 1. The molecule has 1 aliphatic carbocycles. The number of hydrogen-bond acceptors (Lipinski definition) is 7. The zero-order valence-electron chi connectivity index (χ0n) is 15.3. The molecule has 2 aliphatic rings. The van der Waals surface area contributed by atoms with E-state index in [-0.39, 0.29) is 11.7 Å². The third-order valence-corrected chi connectivity index (χ3v) is 5.60. The lowest BCUT2D eigenvalue weighted by atomic mass is 10.2. The smallest absolute Gasteiger partial charge is 0.233 e. The summed E-state index contributed by atoms with van der Waals surface area (Å²) in [7, 11) is 0. The average molecular weight is 389 g/mol. The predicted octanol–water partition coefficient (Wildman–Crippen LogP) is 1.78. The molecule has 1 fully saturated rings. The fraction of sp³-hybridized carbons (Fsp3) is 0.500. The number of thioether (sulfide) groups is 1. The standard InChI is InChI=1S/C18H23N5O3S/c1-2-22(10-12-3-6-14-15(9-12)26-8-7-25-14)16(24)11-27-18-21-20-17(23(18)19)13-4-5-13/h3,6,9,13H,2,4-5,7-8,10-11,19H2,1H3. The van der Waals surface area contributed by atoms with Gasteiger partial charge in [-0.25, -0.2) is 4.68 Å². The highest BCUT2D eigenvalue weighted by Crippen LogP contribution is 2.39. The van der Waals surface area contributed by atoms with Crippen LogP contribution in [0, 0.1) is 0 Å². The highest BCUT2D eigenvalue weighted by Gasteiger charge is 2.30. The second kappa shape index (κ2) is 7.67. The van der Waals surface area contributed by atoms with Gasteiger partial charge in [-0.2, -0.15) is 0 Å². The van der Waals surface area contributed by atoms with Crippen molar-refractivity contribution < 1.29 is 14.3 Å². The zero-order chi connectivity index (χ0) is 18.8. The first-order valence-electron chi connectivity index (χ1n) is 9.15. The summed E-state index contributed by atoms with van der Waals surface area (Å²) >= 11 is 1.33. The number of ether oxygens (including phenoxy) is 2. The predicted molar refractivity (Wildman–Crippen MR) is 101 cm³/mol. The van der Waals surface area contributed by atoms with Crippen LogP contribution in [-0.4, -0.2) is 51.2 Å². The fourth-order valence-electron chi connectivity index (χ4n) is 3.01. The minimum Gasteiger partial charge on any atom is -0.486 e. The first kappa shape index (κ1) is 18.0. The molecule has 1 aromatic carbocycles. The van der Waals surface area contributed by atoms with Gasteiger partial charge in [-0.3, -0.25) is 4.79 Å². The van der Waals surface area contributed by atoms with Crippen molar-refractivity contribution in [3.63, 3.8) is 0 Å². The summed E-state index contributed by atoms with van der Waals surface area (Å²) in [6.07, 6.45) is 2.22. The minimum absolute atomic E-state index is 0.0355. The molecule has 144 valence electrons. The molecule has 0 unspecified atom stereocenters. The molecule has 0 bridgehead atoms. The van der Waals surface area contributed by atoms with Crippen molar-refractivity contribution >= 4 is 17.7 Å². The molecule has 0 radical (unpaired) electrons. The normalized spacial score (nSPS) is 15.6. The average Bonchev–Trinajstić information content (AvgIpc) is 3.47. The third-order valence-electron chi connectivity index (χ3n) is 4.67. The Bertz CT molecular complexity index is 836. The van der Waals surface area contributed by atoms with E-state index in [4.69, 9.17) is 15.3 Å². The molecule has 0 atom stereocenters. The summed E-state index contributed by atoms with van der Waals surface area (Å²) in [6.45, 7) is 4.23. The maximum Gasteiger partial charge on any atom is 0.233 e. The van der Waals surface area contributed by atoms with Crippen LogP contribution < -0.4 is 15.3 Å². The Balaban J connectivity index is 1.36. The number of nitrogens with two attached hydrogens (primary N) is 1. The highest BCUT2D eigenvalue weighted by atomic mass is 32.2. The van der Waals surface area contributed by atoms with Crippen LogP contribution in [0.25, 0.3) is 0 Å². The van der Waals surface area contributed by atoms with Crippen molar-refractivity contribution in [1.29, 1.82) is 0 Å². The Hall–Kier alpha value is -2.42. The van der Waals surface area contributed by atoms with E-state index in [9.17, 15) is 4.79 Å². The van der Waals surface area contributed by atoms with Gasteiger partial charge in [0.2, 0.25) is 11.1 Å². The minimum atomic E-state index is 0.0355. The van der Waals surface area contributed by atoms with E-state index >= 15 is 0 Å². The highest BCUT2D eigenvalue weighted by molar-refractivity contribution is 7.99. The summed E-state index contributed by atoms with van der Waals surface area (Å²) in [4.78, 5) is 14.5. The second-order valence-electron chi connectivity index (χ2n) is 6.66. The van der Waals surface area contributed by atoms with Gasteiger partial charge in [0, 0.05) is 19.0 Å². The molecule has 4 rings (SSSR count). The van der Waals surface area contributed by atoms with Crippen molar-refractivity contribution in [3.8, 4) is 11.5 Å².